The summed E-state index contributed by atoms with van der Waals surface area (Å²) in [6, 6.07) is 2.17. The van der Waals surface area contributed by atoms with E-state index in [1.54, 1.807) is 12.4 Å². The molecule has 1 aromatic rings. The van der Waals surface area contributed by atoms with E-state index in [9.17, 15) is 4.79 Å². The first-order valence-corrected chi connectivity index (χ1v) is 7.37. The molecule has 3 N–H and O–H groups in total. The Morgan fingerprint density at radius 3 is 2.75 bits per heavy atom. The van der Waals surface area contributed by atoms with Crippen LogP contribution in [0.2, 0.25) is 0 Å². The number of nitrogens with zero attached hydrogens (tertiary/aromatic N) is 2. The summed E-state index contributed by atoms with van der Waals surface area (Å²) >= 11 is 0. The van der Waals surface area contributed by atoms with Gasteiger partial charge in [0.25, 0.3) is 0 Å². The average Bonchev–Trinajstić information content (AvgIpc) is 2.67. The molecule has 2 rings (SSSR count). The summed E-state index contributed by atoms with van der Waals surface area (Å²) in [6.45, 7) is 0.324. The van der Waals surface area contributed by atoms with Gasteiger partial charge in [0.1, 0.15) is 0 Å². The molecular weight excluding hydrogens is 252 g/mol. The van der Waals surface area contributed by atoms with Gasteiger partial charge in [0.2, 0.25) is 5.91 Å². The van der Waals surface area contributed by atoms with Gasteiger partial charge in [0.15, 0.2) is 0 Å². The van der Waals surface area contributed by atoms with Gasteiger partial charge in [-0.25, -0.2) is 0 Å². The Bertz CT molecular complexity index is 441. The van der Waals surface area contributed by atoms with Crippen molar-refractivity contribution in [1.29, 1.82) is 0 Å². The predicted molar refractivity (Wildman–Crippen MR) is 81.6 cm³/mol. The molecule has 110 valence electrons. The van der Waals surface area contributed by atoms with E-state index in [2.05, 4.69) is 10.3 Å². The smallest absolute Gasteiger partial charge is 0.239 e. The molecule has 0 aromatic carbocycles. The lowest BCUT2D eigenvalue weighted by Gasteiger charge is -2.22. The second-order valence-electron chi connectivity index (χ2n) is 5.55. The van der Waals surface area contributed by atoms with E-state index in [0.717, 1.165) is 18.5 Å². The lowest BCUT2D eigenvalue weighted by molar-refractivity contribution is -0.120. The van der Waals surface area contributed by atoms with Crippen molar-refractivity contribution in [2.75, 3.05) is 24.2 Å². The molecule has 1 aromatic heterocycles. The Kier molecular flexibility index (Phi) is 5.21. The number of nitrogens with two attached hydrogens (primary N) is 1. The lowest BCUT2D eigenvalue weighted by Crippen LogP contribution is -2.41. The van der Waals surface area contributed by atoms with Gasteiger partial charge in [-0.3, -0.25) is 9.78 Å². The largest absolute Gasteiger partial charge is 0.396 e. The first kappa shape index (κ1) is 14.6. The Labute approximate surface area is 120 Å². The molecule has 20 heavy (non-hydrogen) atoms. The molecule has 1 fully saturated rings. The van der Waals surface area contributed by atoms with Crippen molar-refractivity contribution in [3.8, 4) is 0 Å². The number of likely N-dealkylation sites (N-methyl/N-ethyl adjacent to an activating group) is 1. The second kappa shape index (κ2) is 7.12. The van der Waals surface area contributed by atoms with Crippen molar-refractivity contribution in [3.05, 3.63) is 18.5 Å². The van der Waals surface area contributed by atoms with Crippen molar-refractivity contribution in [3.63, 3.8) is 0 Å². The molecule has 1 aliphatic rings. The lowest BCUT2D eigenvalue weighted by atomic mass is 10.1. The molecule has 0 aliphatic heterocycles. The molecule has 0 unspecified atom stereocenters. The first-order valence-electron chi connectivity index (χ1n) is 7.37. The maximum absolute atomic E-state index is 12.1. The molecule has 0 saturated heterocycles. The fourth-order valence-corrected chi connectivity index (χ4v) is 2.74. The van der Waals surface area contributed by atoms with Crippen molar-refractivity contribution in [2.24, 2.45) is 0 Å². The summed E-state index contributed by atoms with van der Waals surface area (Å²) in [4.78, 5) is 17.9. The zero-order chi connectivity index (χ0) is 14.4. The summed E-state index contributed by atoms with van der Waals surface area (Å²) in [5, 5.41) is 3.14. The highest BCUT2D eigenvalue weighted by Gasteiger charge is 2.16. The van der Waals surface area contributed by atoms with Gasteiger partial charge in [-0.1, -0.05) is 25.7 Å². The van der Waals surface area contributed by atoms with Gasteiger partial charge in [0.05, 0.1) is 24.1 Å². The van der Waals surface area contributed by atoms with Crippen LogP contribution in [0.5, 0.6) is 0 Å². The Morgan fingerprint density at radius 1 is 1.40 bits per heavy atom. The fourth-order valence-electron chi connectivity index (χ4n) is 2.74. The monoisotopic (exact) mass is 276 g/mol. The van der Waals surface area contributed by atoms with Crippen LogP contribution in [0.4, 0.5) is 11.4 Å². The van der Waals surface area contributed by atoms with E-state index in [0.29, 0.717) is 18.3 Å². The predicted octanol–water partition coefficient (Wildman–Crippen LogP) is 1.94. The summed E-state index contributed by atoms with van der Waals surface area (Å²) in [5.41, 5.74) is 7.30. The van der Waals surface area contributed by atoms with Crippen LogP contribution in [0.25, 0.3) is 0 Å². The van der Waals surface area contributed by atoms with E-state index < -0.39 is 0 Å². The minimum atomic E-state index is 0.0654. The third-order valence-electron chi connectivity index (χ3n) is 3.84. The van der Waals surface area contributed by atoms with Crippen LogP contribution in [0.15, 0.2) is 18.5 Å². The maximum atomic E-state index is 12.1. The maximum Gasteiger partial charge on any atom is 0.239 e. The van der Waals surface area contributed by atoms with Crippen molar-refractivity contribution >= 4 is 17.3 Å². The number of amides is 1. The zero-order valence-electron chi connectivity index (χ0n) is 12.1. The standard InChI is InChI=1S/C15H24N4O/c1-19(14-8-9-17-10-13(14)16)11-15(20)18-12-6-4-2-3-5-7-12/h8-10,12H,2-7,11,16H2,1H3,(H,18,20). The number of hydrogen-bond acceptors (Lipinski definition) is 4. The van der Waals surface area contributed by atoms with Crippen molar-refractivity contribution < 1.29 is 4.79 Å². The molecule has 5 nitrogen and oxygen atoms in total. The Balaban J connectivity index is 1.86. The highest BCUT2D eigenvalue weighted by Crippen LogP contribution is 2.20. The molecule has 0 spiro atoms. The first-order chi connectivity index (χ1) is 9.66. The molecule has 5 heteroatoms. The van der Waals surface area contributed by atoms with Crippen LogP contribution in [-0.4, -0.2) is 30.5 Å². The van der Waals surface area contributed by atoms with E-state index >= 15 is 0 Å². The minimum absolute atomic E-state index is 0.0654. The number of aromatic nitrogens is 1. The number of anilines is 2. The van der Waals surface area contributed by atoms with Gasteiger partial charge in [-0.15, -0.1) is 0 Å². The fraction of sp³-hybridized carbons (Fsp3) is 0.600. The van der Waals surface area contributed by atoms with E-state index in [1.807, 2.05) is 18.0 Å². The SMILES string of the molecule is CN(CC(=O)NC1CCCCCC1)c1ccncc1N. The van der Waals surface area contributed by atoms with Crippen LogP contribution >= 0.6 is 0 Å². The number of carbonyl (C=O) groups excluding carboxylic acids is 1. The van der Waals surface area contributed by atoms with Crippen LogP contribution in [0.3, 0.4) is 0 Å². The second-order valence-corrected chi connectivity index (χ2v) is 5.55. The van der Waals surface area contributed by atoms with Gasteiger partial charge in [-0.2, -0.15) is 0 Å². The van der Waals surface area contributed by atoms with Crippen molar-refractivity contribution in [2.45, 2.75) is 44.6 Å². The van der Waals surface area contributed by atoms with E-state index in [-0.39, 0.29) is 5.91 Å². The molecule has 1 heterocycles. The molecule has 1 aliphatic carbocycles. The molecule has 0 radical (unpaired) electrons. The van der Waals surface area contributed by atoms with Gasteiger partial charge in [0, 0.05) is 19.3 Å². The molecule has 0 bridgehead atoms. The highest BCUT2D eigenvalue weighted by atomic mass is 16.2. The third-order valence-corrected chi connectivity index (χ3v) is 3.84. The Morgan fingerprint density at radius 2 is 2.10 bits per heavy atom. The average molecular weight is 276 g/mol. The normalized spacial score (nSPS) is 16.4. The summed E-state index contributed by atoms with van der Waals surface area (Å²) in [7, 11) is 1.87. The highest BCUT2D eigenvalue weighted by molar-refractivity contribution is 5.82. The zero-order valence-corrected chi connectivity index (χ0v) is 12.1. The third kappa shape index (κ3) is 4.11. The number of rotatable bonds is 4. The molecule has 1 saturated carbocycles. The van der Waals surface area contributed by atoms with Gasteiger partial charge < -0.3 is 16.0 Å². The Hall–Kier alpha value is -1.78. The number of pyridine rings is 1. The molecular formula is C15H24N4O. The number of nitrogen functional groups attached to an aromatic ring is 1. The number of nitrogens with one attached hydrogen (secondary N) is 1. The van der Waals surface area contributed by atoms with Crippen molar-refractivity contribution in [1.82, 2.24) is 10.3 Å². The summed E-state index contributed by atoms with van der Waals surface area (Å²) < 4.78 is 0. The quantitative estimate of drug-likeness (QED) is 0.824. The topological polar surface area (TPSA) is 71.2 Å². The summed E-state index contributed by atoms with van der Waals surface area (Å²) in [6.07, 6.45) is 10.5. The van der Waals surface area contributed by atoms with Gasteiger partial charge >= 0.3 is 0 Å². The van der Waals surface area contributed by atoms with Crippen LogP contribution in [0, 0.1) is 0 Å². The molecule has 1 amide bonds. The van der Waals surface area contributed by atoms with Gasteiger partial charge in [-0.05, 0) is 18.9 Å². The van der Waals surface area contributed by atoms with E-state index in [4.69, 9.17) is 5.73 Å². The number of hydrogen-bond donors (Lipinski definition) is 2. The van der Waals surface area contributed by atoms with Crippen LogP contribution in [0.1, 0.15) is 38.5 Å². The summed E-state index contributed by atoms with van der Waals surface area (Å²) in [5.74, 6) is 0.0654. The van der Waals surface area contributed by atoms with E-state index in [1.165, 1.54) is 25.7 Å². The number of carbonyl (C=O) groups is 1. The van der Waals surface area contributed by atoms with Crippen LogP contribution < -0.4 is 16.0 Å². The van der Waals surface area contributed by atoms with Crippen LogP contribution in [-0.2, 0) is 4.79 Å². The minimum Gasteiger partial charge on any atom is -0.396 e. The molecule has 0 atom stereocenters.